The summed E-state index contributed by atoms with van der Waals surface area (Å²) in [6.07, 6.45) is 2.14. The summed E-state index contributed by atoms with van der Waals surface area (Å²) in [6, 6.07) is 15.1. The third-order valence-electron chi connectivity index (χ3n) is 3.28. The molecule has 2 heteroatoms. The second-order valence-electron chi connectivity index (χ2n) is 4.79. The van der Waals surface area contributed by atoms with Crippen molar-refractivity contribution in [2.45, 2.75) is 32.7 Å². The molecule has 0 aliphatic heterocycles. The van der Waals surface area contributed by atoms with E-state index < -0.39 is 0 Å². The van der Waals surface area contributed by atoms with Crippen molar-refractivity contribution in [2.75, 3.05) is 5.32 Å². The smallest absolute Gasteiger partial charge is 0.128 e. The third kappa shape index (κ3) is 3.34. The lowest BCUT2D eigenvalue weighted by atomic mass is 10.0. The van der Waals surface area contributed by atoms with Gasteiger partial charge in [0.05, 0.1) is 6.04 Å². The predicted octanol–water partition coefficient (Wildman–Crippen LogP) is 4.95. The Labute approximate surface area is 114 Å². The highest BCUT2D eigenvalue weighted by Gasteiger charge is 2.11. The molecule has 1 N–H and O–H groups in total. The van der Waals surface area contributed by atoms with Gasteiger partial charge in [-0.1, -0.05) is 49.7 Å². The molecule has 0 heterocycles. The summed E-state index contributed by atoms with van der Waals surface area (Å²) in [4.78, 5) is 0. The fourth-order valence-electron chi connectivity index (χ4n) is 2.29. The molecule has 0 amide bonds. The van der Waals surface area contributed by atoms with E-state index in [1.54, 1.807) is 6.07 Å². The highest BCUT2D eigenvalue weighted by Crippen LogP contribution is 2.24. The van der Waals surface area contributed by atoms with E-state index in [4.69, 9.17) is 0 Å². The number of halogens is 1. The normalized spacial score (nSPS) is 12.2. The lowest BCUT2D eigenvalue weighted by Crippen LogP contribution is -2.10. The van der Waals surface area contributed by atoms with Gasteiger partial charge in [0.1, 0.15) is 5.82 Å². The van der Waals surface area contributed by atoms with Crippen molar-refractivity contribution in [1.29, 1.82) is 0 Å². The molecule has 0 spiro atoms. The van der Waals surface area contributed by atoms with Crippen LogP contribution in [0.15, 0.2) is 48.5 Å². The molecule has 0 aliphatic carbocycles. The van der Waals surface area contributed by atoms with Crippen molar-refractivity contribution in [2.24, 2.45) is 0 Å². The van der Waals surface area contributed by atoms with E-state index in [9.17, 15) is 4.39 Å². The lowest BCUT2D eigenvalue weighted by molar-refractivity contribution is 0.600. The second kappa shape index (κ2) is 6.37. The first-order valence-electron chi connectivity index (χ1n) is 6.81. The van der Waals surface area contributed by atoms with E-state index in [0.717, 1.165) is 18.5 Å². The fourth-order valence-corrected chi connectivity index (χ4v) is 2.29. The summed E-state index contributed by atoms with van der Waals surface area (Å²) in [7, 11) is 0. The van der Waals surface area contributed by atoms with E-state index in [2.05, 4.69) is 24.4 Å². The van der Waals surface area contributed by atoms with Crippen LogP contribution < -0.4 is 5.32 Å². The molecule has 19 heavy (non-hydrogen) atoms. The number of hydrogen-bond donors (Lipinski definition) is 1. The minimum Gasteiger partial charge on any atom is -0.378 e. The molecule has 1 atom stereocenters. The zero-order valence-corrected chi connectivity index (χ0v) is 11.5. The quantitative estimate of drug-likeness (QED) is 0.799. The molecule has 2 aromatic rings. The summed E-state index contributed by atoms with van der Waals surface area (Å²) in [6.45, 7) is 4.15. The first-order chi connectivity index (χ1) is 9.22. The highest BCUT2D eigenvalue weighted by molar-refractivity contribution is 5.52. The van der Waals surface area contributed by atoms with Crippen molar-refractivity contribution in [3.05, 3.63) is 65.5 Å². The monoisotopic (exact) mass is 257 g/mol. The number of rotatable bonds is 5. The van der Waals surface area contributed by atoms with E-state index in [0.29, 0.717) is 5.56 Å². The zero-order chi connectivity index (χ0) is 13.7. The minimum absolute atomic E-state index is 0.0424. The fraction of sp³-hybridized carbons (Fsp3) is 0.294. The second-order valence-corrected chi connectivity index (χ2v) is 4.79. The molecule has 0 aliphatic rings. The predicted molar refractivity (Wildman–Crippen MR) is 78.9 cm³/mol. The Hall–Kier alpha value is -1.83. The molecule has 0 radical (unpaired) electrons. The van der Waals surface area contributed by atoms with E-state index in [1.165, 1.54) is 11.6 Å². The van der Waals surface area contributed by atoms with E-state index >= 15 is 0 Å². The number of anilines is 1. The Morgan fingerprint density at radius 2 is 1.74 bits per heavy atom. The molecule has 2 aromatic carbocycles. The number of aryl methyl sites for hydroxylation is 1. The SMILES string of the molecule is CCCc1ccccc1NC(C)c1ccccc1F. The average Bonchev–Trinajstić information content (AvgIpc) is 2.41. The number of benzene rings is 2. The largest absolute Gasteiger partial charge is 0.378 e. The van der Waals surface area contributed by atoms with Crippen LogP contribution in [0.5, 0.6) is 0 Å². The van der Waals surface area contributed by atoms with Crippen molar-refractivity contribution in [3.8, 4) is 0 Å². The van der Waals surface area contributed by atoms with Gasteiger partial charge in [-0.15, -0.1) is 0 Å². The Morgan fingerprint density at radius 1 is 1.05 bits per heavy atom. The van der Waals surface area contributed by atoms with Gasteiger partial charge < -0.3 is 5.32 Å². The van der Waals surface area contributed by atoms with Crippen LogP contribution in [-0.2, 0) is 6.42 Å². The Kier molecular flexibility index (Phi) is 4.56. The number of hydrogen-bond acceptors (Lipinski definition) is 1. The van der Waals surface area contributed by atoms with Crippen LogP contribution in [0.3, 0.4) is 0 Å². The maximum atomic E-state index is 13.8. The van der Waals surface area contributed by atoms with Crippen molar-refractivity contribution in [1.82, 2.24) is 0 Å². The van der Waals surface area contributed by atoms with Gasteiger partial charge in [0.2, 0.25) is 0 Å². The van der Waals surface area contributed by atoms with Crippen molar-refractivity contribution >= 4 is 5.69 Å². The number of nitrogens with one attached hydrogen (secondary N) is 1. The summed E-state index contributed by atoms with van der Waals surface area (Å²) in [5.41, 5.74) is 3.09. The van der Waals surface area contributed by atoms with Gasteiger partial charge >= 0.3 is 0 Å². The molecular weight excluding hydrogens is 237 g/mol. The number of para-hydroxylation sites is 1. The van der Waals surface area contributed by atoms with E-state index in [1.807, 2.05) is 31.2 Å². The van der Waals surface area contributed by atoms with Gasteiger partial charge in [-0.2, -0.15) is 0 Å². The molecule has 0 bridgehead atoms. The Morgan fingerprint density at radius 3 is 2.47 bits per heavy atom. The standard InChI is InChI=1S/C17H20FN/c1-3-8-14-9-4-7-12-17(14)19-13(2)15-10-5-6-11-16(15)18/h4-7,9-13,19H,3,8H2,1-2H3. The maximum Gasteiger partial charge on any atom is 0.128 e. The Balaban J connectivity index is 2.19. The van der Waals surface area contributed by atoms with Crippen LogP contribution in [0.25, 0.3) is 0 Å². The van der Waals surface area contributed by atoms with Crippen LogP contribution in [0.4, 0.5) is 10.1 Å². The van der Waals surface area contributed by atoms with E-state index in [-0.39, 0.29) is 11.9 Å². The molecule has 1 unspecified atom stereocenters. The zero-order valence-electron chi connectivity index (χ0n) is 11.5. The first-order valence-corrected chi connectivity index (χ1v) is 6.81. The highest BCUT2D eigenvalue weighted by atomic mass is 19.1. The van der Waals surface area contributed by atoms with Gasteiger partial charge in [0.15, 0.2) is 0 Å². The maximum absolute atomic E-state index is 13.8. The molecule has 0 aromatic heterocycles. The summed E-state index contributed by atoms with van der Waals surface area (Å²) < 4.78 is 13.8. The van der Waals surface area contributed by atoms with Gasteiger partial charge in [-0.3, -0.25) is 0 Å². The average molecular weight is 257 g/mol. The van der Waals surface area contributed by atoms with Gasteiger partial charge in [-0.25, -0.2) is 4.39 Å². The molecule has 1 nitrogen and oxygen atoms in total. The summed E-state index contributed by atoms with van der Waals surface area (Å²) in [5, 5.41) is 3.41. The Bertz CT molecular complexity index is 536. The molecule has 0 saturated heterocycles. The van der Waals surface area contributed by atoms with Gasteiger partial charge in [-0.05, 0) is 31.0 Å². The molecule has 0 fully saturated rings. The first kappa shape index (κ1) is 13.6. The molecule has 0 saturated carbocycles. The summed E-state index contributed by atoms with van der Waals surface area (Å²) >= 11 is 0. The van der Waals surface area contributed by atoms with Crippen molar-refractivity contribution in [3.63, 3.8) is 0 Å². The van der Waals surface area contributed by atoms with Gasteiger partial charge in [0, 0.05) is 11.3 Å². The minimum atomic E-state index is -0.157. The molecule has 2 rings (SSSR count). The van der Waals surface area contributed by atoms with Crippen LogP contribution >= 0.6 is 0 Å². The topological polar surface area (TPSA) is 12.0 Å². The van der Waals surface area contributed by atoms with Crippen LogP contribution in [0.1, 0.15) is 37.4 Å². The van der Waals surface area contributed by atoms with Crippen LogP contribution in [0, 0.1) is 5.82 Å². The third-order valence-corrected chi connectivity index (χ3v) is 3.28. The summed E-state index contributed by atoms with van der Waals surface area (Å²) in [5.74, 6) is -0.157. The molecule has 100 valence electrons. The molecular formula is C17H20FN. The lowest BCUT2D eigenvalue weighted by Gasteiger charge is -2.19. The van der Waals surface area contributed by atoms with Crippen LogP contribution in [0.2, 0.25) is 0 Å². The van der Waals surface area contributed by atoms with Gasteiger partial charge in [0.25, 0.3) is 0 Å². The van der Waals surface area contributed by atoms with Crippen LogP contribution in [-0.4, -0.2) is 0 Å². The van der Waals surface area contributed by atoms with Crippen molar-refractivity contribution < 1.29 is 4.39 Å².